The van der Waals surface area contributed by atoms with E-state index < -0.39 is 0 Å². The van der Waals surface area contributed by atoms with Gasteiger partial charge in [-0.2, -0.15) is 0 Å². The average Bonchev–Trinajstić information content (AvgIpc) is 1.85. The molecule has 0 radical (unpaired) electrons. The minimum Gasteiger partial charge on any atom is -0.486 e. The van der Waals surface area contributed by atoms with Gasteiger partial charge in [-0.3, -0.25) is 4.79 Å². The van der Waals surface area contributed by atoms with E-state index >= 15 is 0 Å². The normalized spacial score (nSPS) is 18.4. The Kier molecular flexibility index (Phi) is 2.17. The van der Waals surface area contributed by atoms with E-state index in [-0.39, 0.29) is 12.5 Å². The molecule has 0 saturated carbocycles. The highest BCUT2D eigenvalue weighted by atomic mass is 16.5. The average molecular weight is 155 g/mol. The second kappa shape index (κ2) is 2.95. The lowest BCUT2D eigenvalue weighted by Crippen LogP contribution is -2.33. The zero-order valence-electron chi connectivity index (χ0n) is 7.10. The number of allylic oxidation sites excluding steroid dienone is 2. The summed E-state index contributed by atoms with van der Waals surface area (Å²) < 4.78 is 5.23. The molecule has 0 aromatic carbocycles. The first-order chi connectivity index (χ1) is 5.11. The van der Waals surface area contributed by atoms with E-state index in [1.165, 1.54) is 0 Å². The molecular weight excluding hydrogens is 142 g/mol. The molecule has 0 aliphatic carbocycles. The number of hydrogen-bond acceptors (Lipinski definition) is 2. The van der Waals surface area contributed by atoms with E-state index in [9.17, 15) is 4.79 Å². The Morgan fingerprint density at radius 3 is 2.64 bits per heavy atom. The van der Waals surface area contributed by atoms with Gasteiger partial charge in [0.25, 0.3) is 5.91 Å². The van der Waals surface area contributed by atoms with Gasteiger partial charge in [-0.1, -0.05) is 13.8 Å². The number of rotatable bonds is 1. The van der Waals surface area contributed by atoms with Crippen molar-refractivity contribution in [2.24, 2.45) is 5.92 Å². The number of carbonyl (C=O) groups is 1. The summed E-state index contributed by atoms with van der Waals surface area (Å²) >= 11 is 0. The molecule has 1 rings (SSSR count). The zero-order valence-corrected chi connectivity index (χ0v) is 7.10. The van der Waals surface area contributed by atoms with E-state index in [0.717, 1.165) is 11.5 Å². The molecular formula is C8H13NO2. The number of amides is 1. The molecule has 3 nitrogen and oxygen atoms in total. The van der Waals surface area contributed by atoms with Crippen LogP contribution in [0.25, 0.3) is 0 Å². The number of nitrogens with one attached hydrogen (secondary N) is 1. The lowest BCUT2D eigenvalue weighted by atomic mass is 10.1. The Bertz CT molecular complexity index is 206. The molecule has 0 fully saturated rings. The van der Waals surface area contributed by atoms with Gasteiger partial charge in [0.15, 0.2) is 6.61 Å². The highest BCUT2D eigenvalue weighted by molar-refractivity contribution is 5.80. The molecule has 0 spiro atoms. The lowest BCUT2D eigenvalue weighted by Gasteiger charge is -2.21. The summed E-state index contributed by atoms with van der Waals surface area (Å²) in [7, 11) is 0. The monoisotopic (exact) mass is 155 g/mol. The molecule has 62 valence electrons. The minimum absolute atomic E-state index is 0.0631. The Morgan fingerprint density at radius 1 is 1.55 bits per heavy atom. The predicted octanol–water partition coefficient (Wildman–Crippen LogP) is 1.02. The maximum absolute atomic E-state index is 10.8. The summed E-state index contributed by atoms with van der Waals surface area (Å²) in [4.78, 5) is 10.8. The molecule has 0 saturated heterocycles. The topological polar surface area (TPSA) is 38.3 Å². The van der Waals surface area contributed by atoms with Crippen molar-refractivity contribution in [2.45, 2.75) is 20.8 Å². The van der Waals surface area contributed by atoms with E-state index in [4.69, 9.17) is 4.74 Å². The van der Waals surface area contributed by atoms with Crippen LogP contribution in [-0.4, -0.2) is 12.5 Å². The second-order valence-corrected chi connectivity index (χ2v) is 2.98. The van der Waals surface area contributed by atoms with E-state index in [1.807, 2.05) is 20.8 Å². The van der Waals surface area contributed by atoms with Crippen LogP contribution in [0.3, 0.4) is 0 Å². The first kappa shape index (κ1) is 8.11. The Labute approximate surface area is 66.4 Å². The van der Waals surface area contributed by atoms with Gasteiger partial charge in [-0.15, -0.1) is 0 Å². The maximum atomic E-state index is 10.8. The quantitative estimate of drug-likeness (QED) is 0.614. The predicted molar refractivity (Wildman–Crippen MR) is 41.6 cm³/mol. The van der Waals surface area contributed by atoms with Crippen molar-refractivity contribution in [1.82, 2.24) is 5.32 Å². The molecule has 1 aliphatic heterocycles. The van der Waals surface area contributed by atoms with Crippen LogP contribution >= 0.6 is 0 Å². The first-order valence-corrected chi connectivity index (χ1v) is 3.74. The molecule has 1 N–H and O–H groups in total. The molecule has 0 aromatic rings. The van der Waals surface area contributed by atoms with Crippen molar-refractivity contribution in [3.05, 3.63) is 11.5 Å². The summed E-state index contributed by atoms with van der Waals surface area (Å²) in [6, 6.07) is 0. The van der Waals surface area contributed by atoms with Gasteiger partial charge in [0.05, 0.1) is 5.70 Å². The van der Waals surface area contributed by atoms with Crippen molar-refractivity contribution >= 4 is 5.91 Å². The van der Waals surface area contributed by atoms with Gasteiger partial charge in [0, 0.05) is 5.92 Å². The summed E-state index contributed by atoms with van der Waals surface area (Å²) in [6.45, 7) is 6.09. The van der Waals surface area contributed by atoms with Gasteiger partial charge in [-0.05, 0) is 6.92 Å². The molecule has 0 atom stereocenters. The Hall–Kier alpha value is -0.990. The van der Waals surface area contributed by atoms with Gasteiger partial charge in [-0.25, -0.2) is 0 Å². The van der Waals surface area contributed by atoms with Crippen LogP contribution < -0.4 is 5.32 Å². The standard InChI is InChI=1S/C8H13NO2/c1-5(2)8-6(3)9-7(10)4-11-8/h5H,4H2,1-3H3,(H,9,10). The second-order valence-electron chi connectivity index (χ2n) is 2.98. The Balaban J connectivity index is 2.77. The van der Waals surface area contributed by atoms with E-state index in [1.54, 1.807) is 0 Å². The third-order valence-electron chi connectivity index (χ3n) is 1.58. The van der Waals surface area contributed by atoms with Crippen LogP contribution in [0.2, 0.25) is 0 Å². The van der Waals surface area contributed by atoms with E-state index in [2.05, 4.69) is 5.32 Å². The van der Waals surface area contributed by atoms with Gasteiger partial charge >= 0.3 is 0 Å². The smallest absolute Gasteiger partial charge is 0.262 e. The van der Waals surface area contributed by atoms with Crippen LogP contribution in [0.4, 0.5) is 0 Å². The fourth-order valence-electron chi connectivity index (χ4n) is 1.16. The van der Waals surface area contributed by atoms with Crippen molar-refractivity contribution in [3.63, 3.8) is 0 Å². The summed E-state index contributed by atoms with van der Waals surface area (Å²) in [5, 5.41) is 2.73. The highest BCUT2D eigenvalue weighted by Gasteiger charge is 2.17. The first-order valence-electron chi connectivity index (χ1n) is 3.74. The largest absolute Gasteiger partial charge is 0.486 e. The van der Waals surface area contributed by atoms with Crippen LogP contribution in [-0.2, 0) is 9.53 Å². The molecule has 3 heteroatoms. The van der Waals surface area contributed by atoms with E-state index in [0.29, 0.717) is 5.92 Å². The van der Waals surface area contributed by atoms with Gasteiger partial charge in [0.1, 0.15) is 5.76 Å². The zero-order chi connectivity index (χ0) is 8.43. The lowest BCUT2D eigenvalue weighted by molar-refractivity contribution is -0.125. The molecule has 0 bridgehead atoms. The molecule has 1 heterocycles. The third-order valence-corrected chi connectivity index (χ3v) is 1.58. The third kappa shape index (κ3) is 1.73. The van der Waals surface area contributed by atoms with Crippen molar-refractivity contribution < 1.29 is 9.53 Å². The highest BCUT2D eigenvalue weighted by Crippen LogP contribution is 2.16. The number of hydrogen-bond donors (Lipinski definition) is 1. The maximum Gasteiger partial charge on any atom is 0.262 e. The van der Waals surface area contributed by atoms with Crippen LogP contribution in [0.5, 0.6) is 0 Å². The van der Waals surface area contributed by atoms with Crippen LogP contribution in [0.15, 0.2) is 11.5 Å². The summed E-state index contributed by atoms with van der Waals surface area (Å²) in [6.07, 6.45) is 0. The molecule has 1 aliphatic rings. The number of ether oxygens (including phenoxy) is 1. The van der Waals surface area contributed by atoms with Crippen molar-refractivity contribution in [3.8, 4) is 0 Å². The summed E-state index contributed by atoms with van der Waals surface area (Å²) in [5.74, 6) is 1.17. The fourth-order valence-corrected chi connectivity index (χ4v) is 1.16. The molecule has 0 aromatic heterocycles. The van der Waals surface area contributed by atoms with Crippen molar-refractivity contribution in [1.29, 1.82) is 0 Å². The number of carbonyl (C=O) groups excluding carboxylic acids is 1. The molecule has 1 amide bonds. The fraction of sp³-hybridized carbons (Fsp3) is 0.625. The molecule has 11 heavy (non-hydrogen) atoms. The minimum atomic E-state index is -0.0631. The SMILES string of the molecule is CC1=C(C(C)C)OCC(=O)N1. The molecule has 0 unspecified atom stereocenters. The summed E-state index contributed by atoms with van der Waals surface area (Å²) in [5.41, 5.74) is 0.844. The Morgan fingerprint density at radius 2 is 2.18 bits per heavy atom. The van der Waals surface area contributed by atoms with Crippen LogP contribution in [0.1, 0.15) is 20.8 Å². The van der Waals surface area contributed by atoms with Gasteiger partial charge < -0.3 is 10.1 Å². The van der Waals surface area contributed by atoms with Crippen LogP contribution in [0, 0.1) is 5.92 Å². The van der Waals surface area contributed by atoms with Gasteiger partial charge in [0.2, 0.25) is 0 Å². The van der Waals surface area contributed by atoms with Crippen molar-refractivity contribution in [2.75, 3.05) is 6.61 Å².